The molecule has 142 valence electrons. The van der Waals surface area contributed by atoms with E-state index >= 15 is 0 Å². The molecule has 2 atom stereocenters. The molecule has 0 saturated heterocycles. The Balaban J connectivity index is 0.00000338. The number of carbonyl (C=O) groups excluding carboxylic acids is 1. The highest BCUT2D eigenvalue weighted by molar-refractivity contribution is 5.85. The molecule has 2 unspecified atom stereocenters. The number of aryl methyl sites for hydroxylation is 1. The van der Waals surface area contributed by atoms with Gasteiger partial charge in [0.1, 0.15) is 6.04 Å². The number of aliphatic hydroxyl groups excluding tert-OH is 1. The molecule has 0 aromatic heterocycles. The second-order valence-corrected chi connectivity index (χ2v) is 6.26. The maximum atomic E-state index is 12.4. The minimum Gasteiger partial charge on any atom is -0.389 e. The Morgan fingerprint density at radius 2 is 1.77 bits per heavy atom. The second kappa shape index (κ2) is 10.9. The summed E-state index contributed by atoms with van der Waals surface area (Å²) in [7, 11) is 1.64. The number of hydrogen-bond donors (Lipinski definition) is 2. The van der Waals surface area contributed by atoms with E-state index < -0.39 is 12.1 Å². The fourth-order valence-electron chi connectivity index (χ4n) is 2.50. The minimum atomic E-state index is -0.761. The predicted molar refractivity (Wildman–Crippen MR) is 105 cm³/mol. The quantitative estimate of drug-likeness (QED) is 0.739. The summed E-state index contributed by atoms with van der Waals surface area (Å²) in [5, 5.41) is 10.1. The summed E-state index contributed by atoms with van der Waals surface area (Å²) < 4.78 is 5.50. The van der Waals surface area contributed by atoms with Gasteiger partial charge in [0.05, 0.1) is 19.3 Å². The molecule has 0 bridgehead atoms. The molecule has 2 aromatic carbocycles. The fourth-order valence-corrected chi connectivity index (χ4v) is 2.50. The van der Waals surface area contributed by atoms with Crippen molar-refractivity contribution < 1.29 is 14.6 Å². The molecule has 0 spiro atoms. The zero-order valence-corrected chi connectivity index (χ0v) is 16.0. The first-order valence-corrected chi connectivity index (χ1v) is 8.34. The van der Waals surface area contributed by atoms with Gasteiger partial charge in [-0.1, -0.05) is 60.2 Å². The Labute approximate surface area is 161 Å². The standard InChI is InChI=1S/C20H26N2O3.ClH/c1-15-8-10-17(11-9-15)19(21)20(24)22(2)12-18(23)14-25-13-16-6-4-3-5-7-16;/h3-11,18-19,23H,12-14,21H2,1-2H3;1H. The molecule has 0 saturated carbocycles. The summed E-state index contributed by atoms with van der Waals surface area (Å²) >= 11 is 0. The number of hydrogen-bond acceptors (Lipinski definition) is 4. The van der Waals surface area contributed by atoms with Gasteiger partial charge >= 0.3 is 0 Å². The molecule has 0 fully saturated rings. The molecule has 3 N–H and O–H groups in total. The smallest absolute Gasteiger partial charge is 0.243 e. The molecular formula is C20H27ClN2O3. The van der Waals surface area contributed by atoms with Crippen LogP contribution in [0.25, 0.3) is 0 Å². The van der Waals surface area contributed by atoms with Crippen molar-refractivity contribution in [1.29, 1.82) is 0 Å². The molecule has 0 aliphatic heterocycles. The first-order chi connectivity index (χ1) is 12.0. The van der Waals surface area contributed by atoms with E-state index in [1.54, 1.807) is 7.05 Å². The van der Waals surface area contributed by atoms with Gasteiger partial charge in [-0.15, -0.1) is 12.4 Å². The van der Waals surface area contributed by atoms with Crippen molar-refractivity contribution >= 4 is 18.3 Å². The van der Waals surface area contributed by atoms with Crippen molar-refractivity contribution in [2.75, 3.05) is 20.2 Å². The number of ether oxygens (including phenoxy) is 1. The van der Waals surface area contributed by atoms with Crippen LogP contribution in [0, 0.1) is 6.92 Å². The highest BCUT2D eigenvalue weighted by Crippen LogP contribution is 2.14. The molecule has 1 amide bonds. The maximum Gasteiger partial charge on any atom is 0.243 e. The van der Waals surface area contributed by atoms with Gasteiger partial charge in [-0.05, 0) is 18.1 Å². The largest absolute Gasteiger partial charge is 0.389 e. The maximum absolute atomic E-state index is 12.4. The highest BCUT2D eigenvalue weighted by Gasteiger charge is 2.21. The van der Waals surface area contributed by atoms with Crippen molar-refractivity contribution in [3.63, 3.8) is 0 Å². The number of halogens is 1. The van der Waals surface area contributed by atoms with E-state index in [0.29, 0.717) is 6.61 Å². The van der Waals surface area contributed by atoms with Gasteiger partial charge in [-0.25, -0.2) is 0 Å². The Morgan fingerprint density at radius 3 is 2.38 bits per heavy atom. The Hall–Kier alpha value is -1.92. The summed E-state index contributed by atoms with van der Waals surface area (Å²) in [5.41, 5.74) is 8.95. The molecule has 2 rings (SSSR count). The van der Waals surface area contributed by atoms with Gasteiger partial charge in [-0.3, -0.25) is 4.79 Å². The highest BCUT2D eigenvalue weighted by atomic mass is 35.5. The van der Waals surface area contributed by atoms with E-state index in [9.17, 15) is 9.90 Å². The van der Waals surface area contributed by atoms with Crippen molar-refractivity contribution in [2.45, 2.75) is 25.7 Å². The van der Waals surface area contributed by atoms with Crippen molar-refractivity contribution in [1.82, 2.24) is 4.90 Å². The fraction of sp³-hybridized carbons (Fsp3) is 0.350. The number of nitrogens with two attached hydrogens (primary N) is 1. The van der Waals surface area contributed by atoms with E-state index in [-0.39, 0.29) is 31.5 Å². The normalized spacial score (nSPS) is 12.8. The molecular weight excluding hydrogens is 352 g/mol. The lowest BCUT2D eigenvalue weighted by Gasteiger charge is -2.24. The molecule has 6 heteroatoms. The van der Waals surface area contributed by atoms with Crippen LogP contribution >= 0.6 is 12.4 Å². The second-order valence-electron chi connectivity index (χ2n) is 6.26. The lowest BCUT2D eigenvalue weighted by molar-refractivity contribution is -0.133. The molecule has 2 aromatic rings. The third kappa shape index (κ3) is 6.77. The van der Waals surface area contributed by atoms with Gasteiger partial charge < -0.3 is 20.5 Å². The van der Waals surface area contributed by atoms with Crippen LogP contribution in [0.4, 0.5) is 0 Å². The number of likely N-dealkylation sites (N-methyl/N-ethyl adjacent to an activating group) is 1. The van der Waals surface area contributed by atoms with Crippen molar-refractivity contribution in [2.24, 2.45) is 5.73 Å². The van der Waals surface area contributed by atoms with Gasteiger partial charge in [0.15, 0.2) is 0 Å². The third-order valence-electron chi connectivity index (χ3n) is 3.99. The molecule has 0 aliphatic rings. The van der Waals surface area contributed by atoms with Crippen LogP contribution in [0.3, 0.4) is 0 Å². The Bertz CT molecular complexity index is 665. The van der Waals surface area contributed by atoms with Gasteiger partial charge in [0.2, 0.25) is 5.91 Å². The van der Waals surface area contributed by atoms with Gasteiger partial charge in [-0.2, -0.15) is 0 Å². The molecule has 26 heavy (non-hydrogen) atoms. The van der Waals surface area contributed by atoms with Crippen LogP contribution in [-0.2, 0) is 16.1 Å². The van der Waals surface area contributed by atoms with Crippen molar-refractivity contribution in [3.8, 4) is 0 Å². The molecule has 0 aliphatic carbocycles. The number of amides is 1. The zero-order valence-electron chi connectivity index (χ0n) is 15.2. The van der Waals surface area contributed by atoms with Gasteiger partial charge in [0.25, 0.3) is 0 Å². The lowest BCUT2D eigenvalue weighted by Crippen LogP contribution is -2.41. The lowest BCUT2D eigenvalue weighted by atomic mass is 10.0. The number of aliphatic hydroxyl groups is 1. The van der Waals surface area contributed by atoms with E-state index in [2.05, 4.69) is 0 Å². The molecule has 5 nitrogen and oxygen atoms in total. The molecule has 0 heterocycles. The number of carbonyl (C=O) groups is 1. The molecule has 0 radical (unpaired) electrons. The van der Waals surface area contributed by atoms with Crippen LogP contribution < -0.4 is 5.73 Å². The van der Waals surface area contributed by atoms with E-state index in [0.717, 1.165) is 16.7 Å². The topological polar surface area (TPSA) is 75.8 Å². The van der Waals surface area contributed by atoms with E-state index in [1.807, 2.05) is 61.5 Å². The Kier molecular flexibility index (Phi) is 9.30. The van der Waals surface area contributed by atoms with Crippen LogP contribution in [0.5, 0.6) is 0 Å². The summed E-state index contributed by atoms with van der Waals surface area (Å²) in [6.45, 7) is 2.74. The Morgan fingerprint density at radius 1 is 1.15 bits per heavy atom. The average Bonchev–Trinajstić information content (AvgIpc) is 2.62. The first-order valence-electron chi connectivity index (χ1n) is 8.34. The monoisotopic (exact) mass is 378 g/mol. The summed E-state index contributed by atoms with van der Waals surface area (Å²) in [6, 6.07) is 16.6. The predicted octanol–water partition coefficient (Wildman–Crippen LogP) is 2.45. The summed E-state index contributed by atoms with van der Waals surface area (Å²) in [6.07, 6.45) is -0.761. The zero-order chi connectivity index (χ0) is 18.2. The van der Waals surface area contributed by atoms with Crippen LogP contribution in [0.1, 0.15) is 22.7 Å². The van der Waals surface area contributed by atoms with Crippen LogP contribution in [0.2, 0.25) is 0 Å². The summed E-state index contributed by atoms with van der Waals surface area (Å²) in [4.78, 5) is 13.9. The first kappa shape index (κ1) is 22.1. The number of nitrogens with zero attached hydrogens (tertiary/aromatic N) is 1. The number of rotatable bonds is 8. The number of benzene rings is 2. The summed E-state index contributed by atoms with van der Waals surface area (Å²) in [5.74, 6) is -0.231. The van der Waals surface area contributed by atoms with E-state index in [1.165, 1.54) is 4.90 Å². The average molecular weight is 379 g/mol. The van der Waals surface area contributed by atoms with Gasteiger partial charge in [0, 0.05) is 13.6 Å². The van der Waals surface area contributed by atoms with E-state index in [4.69, 9.17) is 10.5 Å². The third-order valence-corrected chi connectivity index (χ3v) is 3.99. The minimum absolute atomic E-state index is 0. The van der Waals surface area contributed by atoms with Crippen molar-refractivity contribution in [3.05, 3.63) is 71.3 Å². The van der Waals surface area contributed by atoms with Crippen LogP contribution in [0.15, 0.2) is 54.6 Å². The van der Waals surface area contributed by atoms with Crippen LogP contribution in [-0.4, -0.2) is 42.2 Å². The SMILES string of the molecule is Cc1ccc(C(N)C(=O)N(C)CC(O)COCc2ccccc2)cc1.Cl.